The van der Waals surface area contributed by atoms with Gasteiger partial charge in [-0.2, -0.15) is 0 Å². The second-order valence-electron chi connectivity index (χ2n) is 6.78. The van der Waals surface area contributed by atoms with Crippen LogP contribution in [0.15, 0.2) is 70.1 Å². The molecular formula is C23H21BrFNO4. The Hall–Kier alpha value is -2.61. The van der Waals surface area contributed by atoms with Crippen LogP contribution in [0.1, 0.15) is 27.0 Å². The highest BCUT2D eigenvalue weighted by atomic mass is 79.9. The molecular weight excluding hydrogens is 453 g/mol. The van der Waals surface area contributed by atoms with Gasteiger partial charge in [0.2, 0.25) is 0 Å². The van der Waals surface area contributed by atoms with Crippen molar-refractivity contribution < 1.29 is 19.0 Å². The van der Waals surface area contributed by atoms with Crippen molar-refractivity contribution in [2.24, 2.45) is 0 Å². The Labute approximate surface area is 181 Å². The molecule has 0 amide bonds. The number of halogens is 2. The molecule has 30 heavy (non-hydrogen) atoms. The van der Waals surface area contributed by atoms with Gasteiger partial charge < -0.3 is 14.4 Å². The van der Waals surface area contributed by atoms with Crippen LogP contribution in [0.25, 0.3) is 0 Å². The molecule has 1 N–H and O–H groups in total. The fourth-order valence-electron chi connectivity index (χ4n) is 3.09. The van der Waals surface area contributed by atoms with Gasteiger partial charge in [-0.25, -0.2) is 4.39 Å². The lowest BCUT2D eigenvalue weighted by Crippen LogP contribution is -2.24. The summed E-state index contributed by atoms with van der Waals surface area (Å²) < 4.78 is 21.6. The SMILES string of the molecule is O=C(COCCO)c1cn(Cc2ccccc2)c(=O)cc1Cc1ccc(Br)cc1F. The lowest BCUT2D eigenvalue weighted by atomic mass is 9.98. The van der Waals surface area contributed by atoms with Crippen LogP contribution in [0.3, 0.4) is 0 Å². The Bertz CT molecular complexity index is 1080. The van der Waals surface area contributed by atoms with Crippen LogP contribution >= 0.6 is 15.9 Å². The molecule has 0 aliphatic heterocycles. The summed E-state index contributed by atoms with van der Waals surface area (Å²) in [5.41, 5.74) is 1.75. The van der Waals surface area contributed by atoms with E-state index in [1.165, 1.54) is 22.9 Å². The number of benzene rings is 2. The summed E-state index contributed by atoms with van der Waals surface area (Å²) in [5, 5.41) is 8.87. The maximum Gasteiger partial charge on any atom is 0.251 e. The molecule has 7 heteroatoms. The molecule has 0 saturated heterocycles. The van der Waals surface area contributed by atoms with E-state index in [0.717, 1.165) is 5.56 Å². The Morgan fingerprint density at radius 1 is 1.10 bits per heavy atom. The monoisotopic (exact) mass is 473 g/mol. The van der Waals surface area contributed by atoms with E-state index in [0.29, 0.717) is 27.7 Å². The molecule has 3 aromatic rings. The molecule has 1 heterocycles. The van der Waals surface area contributed by atoms with Gasteiger partial charge in [-0.15, -0.1) is 0 Å². The molecule has 0 unspecified atom stereocenters. The molecule has 0 radical (unpaired) electrons. The number of aromatic nitrogens is 1. The molecule has 0 aliphatic rings. The number of rotatable bonds is 9. The van der Waals surface area contributed by atoms with Crippen LogP contribution < -0.4 is 5.56 Å². The van der Waals surface area contributed by atoms with Crippen LogP contribution in [-0.2, 0) is 17.7 Å². The molecule has 0 saturated carbocycles. The Balaban J connectivity index is 1.98. The third-order valence-corrected chi connectivity index (χ3v) is 5.07. The molecule has 2 aromatic carbocycles. The van der Waals surface area contributed by atoms with Crippen molar-refractivity contribution in [3.63, 3.8) is 0 Å². The molecule has 0 spiro atoms. The minimum atomic E-state index is -0.423. The summed E-state index contributed by atoms with van der Waals surface area (Å²) in [7, 11) is 0. The van der Waals surface area contributed by atoms with Gasteiger partial charge in [-0.05, 0) is 28.8 Å². The Kier molecular flexibility index (Phi) is 7.68. The summed E-state index contributed by atoms with van der Waals surface area (Å²) in [6.07, 6.45) is 1.60. The Morgan fingerprint density at radius 3 is 2.57 bits per heavy atom. The van der Waals surface area contributed by atoms with E-state index in [1.807, 2.05) is 30.3 Å². The number of carbonyl (C=O) groups is 1. The topological polar surface area (TPSA) is 68.5 Å². The molecule has 1 aromatic heterocycles. The van der Waals surface area contributed by atoms with E-state index in [2.05, 4.69) is 15.9 Å². The minimum absolute atomic E-state index is 0.0338. The first kappa shape index (κ1) is 22.1. The number of ketones is 1. The average Bonchev–Trinajstić information content (AvgIpc) is 2.73. The number of Topliss-reactive ketones (excluding diaryl/α,β-unsaturated/α-hetero) is 1. The van der Waals surface area contributed by atoms with E-state index in [9.17, 15) is 14.0 Å². The van der Waals surface area contributed by atoms with Crippen LogP contribution in [0.5, 0.6) is 0 Å². The van der Waals surface area contributed by atoms with Crippen LogP contribution in [0.2, 0.25) is 0 Å². The van der Waals surface area contributed by atoms with Crippen molar-refractivity contribution >= 4 is 21.7 Å². The van der Waals surface area contributed by atoms with Gasteiger partial charge >= 0.3 is 0 Å². The molecule has 5 nitrogen and oxygen atoms in total. The fourth-order valence-corrected chi connectivity index (χ4v) is 3.42. The van der Waals surface area contributed by atoms with Crippen LogP contribution in [0.4, 0.5) is 4.39 Å². The first-order valence-electron chi connectivity index (χ1n) is 9.41. The molecule has 156 valence electrons. The smallest absolute Gasteiger partial charge is 0.251 e. The third kappa shape index (κ3) is 5.72. The molecule has 0 fully saturated rings. The van der Waals surface area contributed by atoms with Gasteiger partial charge in [0, 0.05) is 28.7 Å². The highest BCUT2D eigenvalue weighted by Crippen LogP contribution is 2.20. The summed E-state index contributed by atoms with van der Waals surface area (Å²) in [4.78, 5) is 25.5. The third-order valence-electron chi connectivity index (χ3n) is 4.57. The molecule has 0 atom stereocenters. The van der Waals surface area contributed by atoms with E-state index in [1.54, 1.807) is 12.1 Å². The van der Waals surface area contributed by atoms with E-state index < -0.39 is 5.82 Å². The van der Waals surface area contributed by atoms with Crippen molar-refractivity contribution in [1.82, 2.24) is 4.57 Å². The predicted octanol–water partition coefficient (Wildman–Crippen LogP) is 3.58. The predicted molar refractivity (Wildman–Crippen MR) is 115 cm³/mol. The minimum Gasteiger partial charge on any atom is -0.394 e. The quantitative estimate of drug-likeness (QED) is 0.381. The number of pyridine rings is 1. The van der Waals surface area contributed by atoms with E-state index in [-0.39, 0.29) is 37.6 Å². The lowest BCUT2D eigenvalue weighted by Gasteiger charge is -2.14. The largest absolute Gasteiger partial charge is 0.394 e. The number of hydrogen-bond donors (Lipinski definition) is 1. The maximum absolute atomic E-state index is 14.3. The molecule has 3 rings (SSSR count). The highest BCUT2D eigenvalue weighted by Gasteiger charge is 2.17. The van der Waals surface area contributed by atoms with Crippen molar-refractivity contribution in [1.29, 1.82) is 0 Å². The fraction of sp³-hybridized carbons (Fsp3) is 0.217. The lowest BCUT2D eigenvalue weighted by molar-refractivity contribution is 0.0662. The van der Waals surface area contributed by atoms with E-state index >= 15 is 0 Å². The van der Waals surface area contributed by atoms with Crippen molar-refractivity contribution in [3.05, 3.63) is 104 Å². The van der Waals surface area contributed by atoms with E-state index in [4.69, 9.17) is 9.84 Å². The summed E-state index contributed by atoms with van der Waals surface area (Å²) in [6.45, 7) is -0.0892. The first-order valence-corrected chi connectivity index (χ1v) is 10.2. The van der Waals surface area contributed by atoms with Gasteiger partial charge in [0.1, 0.15) is 12.4 Å². The normalized spacial score (nSPS) is 10.9. The van der Waals surface area contributed by atoms with Crippen LogP contribution in [0, 0.1) is 5.82 Å². The first-order chi connectivity index (χ1) is 14.5. The zero-order chi connectivity index (χ0) is 21.5. The number of aliphatic hydroxyl groups excluding tert-OH is 1. The number of aliphatic hydroxyl groups is 1. The van der Waals surface area contributed by atoms with Crippen molar-refractivity contribution in [3.8, 4) is 0 Å². The second-order valence-corrected chi connectivity index (χ2v) is 7.69. The van der Waals surface area contributed by atoms with Gasteiger partial charge in [-0.1, -0.05) is 52.3 Å². The Morgan fingerprint density at radius 2 is 1.87 bits per heavy atom. The summed E-state index contributed by atoms with van der Waals surface area (Å²) in [6, 6.07) is 15.5. The number of hydrogen-bond acceptors (Lipinski definition) is 4. The van der Waals surface area contributed by atoms with Gasteiger partial charge in [0.15, 0.2) is 5.78 Å². The van der Waals surface area contributed by atoms with Gasteiger partial charge in [0.25, 0.3) is 5.56 Å². The number of nitrogens with zero attached hydrogens (tertiary/aromatic N) is 1. The molecule has 0 aliphatic carbocycles. The zero-order valence-corrected chi connectivity index (χ0v) is 17.8. The average molecular weight is 474 g/mol. The van der Waals surface area contributed by atoms with Crippen LogP contribution in [-0.4, -0.2) is 35.3 Å². The molecule has 0 bridgehead atoms. The highest BCUT2D eigenvalue weighted by molar-refractivity contribution is 9.10. The van der Waals surface area contributed by atoms with Crippen molar-refractivity contribution in [2.75, 3.05) is 19.8 Å². The standard InChI is InChI=1S/C23H21BrFNO4/c24-19-7-6-17(21(25)12-19)10-18-11-23(29)26(13-16-4-2-1-3-5-16)14-20(18)22(28)15-30-9-8-27/h1-7,11-12,14,27H,8-10,13,15H2. The van der Waals surface area contributed by atoms with Gasteiger partial charge in [0.05, 0.1) is 19.8 Å². The van der Waals surface area contributed by atoms with Crippen molar-refractivity contribution in [2.45, 2.75) is 13.0 Å². The summed E-state index contributed by atoms with van der Waals surface area (Å²) >= 11 is 3.22. The van der Waals surface area contributed by atoms with Gasteiger partial charge in [-0.3, -0.25) is 9.59 Å². The zero-order valence-electron chi connectivity index (χ0n) is 16.2. The second kappa shape index (κ2) is 10.4. The maximum atomic E-state index is 14.3. The number of carbonyl (C=O) groups excluding carboxylic acids is 1. The summed E-state index contributed by atoms with van der Waals surface area (Å²) in [5.74, 6) is -0.759. The number of ether oxygens (including phenoxy) is 1.